The summed E-state index contributed by atoms with van der Waals surface area (Å²) < 4.78 is 18.1. The predicted octanol–water partition coefficient (Wildman–Crippen LogP) is 2.36. The van der Waals surface area contributed by atoms with E-state index >= 15 is 0 Å². The van der Waals surface area contributed by atoms with Gasteiger partial charge >= 0.3 is 11.7 Å². The van der Waals surface area contributed by atoms with E-state index in [1.165, 1.54) is 7.11 Å². The first-order valence-corrected chi connectivity index (χ1v) is 10.3. The van der Waals surface area contributed by atoms with Crippen molar-refractivity contribution in [2.45, 2.75) is 25.1 Å². The van der Waals surface area contributed by atoms with Crippen molar-refractivity contribution in [3.63, 3.8) is 0 Å². The maximum Gasteiger partial charge on any atom is 0.344 e. The predicted molar refractivity (Wildman–Crippen MR) is 113 cm³/mol. The van der Waals surface area contributed by atoms with E-state index in [-0.39, 0.29) is 11.7 Å². The Hall–Kier alpha value is -3.30. The van der Waals surface area contributed by atoms with Gasteiger partial charge in [-0.1, -0.05) is 12.1 Å². The first-order chi connectivity index (χ1) is 15.1. The first kappa shape index (κ1) is 19.7. The number of benzene rings is 2. The molecule has 9 nitrogen and oxygen atoms in total. The highest BCUT2D eigenvalue weighted by Crippen LogP contribution is 2.39. The maximum atomic E-state index is 12.5. The molecule has 162 valence electrons. The molecule has 3 aromatic rings. The Labute approximate surface area is 178 Å². The van der Waals surface area contributed by atoms with Crippen molar-refractivity contribution in [2.24, 2.45) is 0 Å². The lowest BCUT2D eigenvalue weighted by Gasteiger charge is -2.34. The van der Waals surface area contributed by atoms with Crippen LogP contribution in [-0.4, -0.2) is 47.8 Å². The summed E-state index contributed by atoms with van der Waals surface area (Å²) in [5.41, 5.74) is 6.12. The second-order valence-corrected chi connectivity index (χ2v) is 7.74. The molecular formula is C22H24N4O5. The van der Waals surface area contributed by atoms with Crippen molar-refractivity contribution in [1.82, 2.24) is 20.0 Å². The molecule has 0 aliphatic carbocycles. The van der Waals surface area contributed by atoms with E-state index in [0.717, 1.165) is 23.9 Å². The van der Waals surface area contributed by atoms with Crippen LogP contribution in [0.4, 0.5) is 0 Å². The highest BCUT2D eigenvalue weighted by Gasteiger charge is 2.36. The van der Waals surface area contributed by atoms with Gasteiger partial charge in [-0.05, 0) is 31.0 Å². The molecule has 2 N–H and O–H groups in total. The molecule has 5 rings (SSSR count). The van der Waals surface area contributed by atoms with Crippen LogP contribution in [0.1, 0.15) is 41.0 Å². The van der Waals surface area contributed by atoms with E-state index in [2.05, 4.69) is 10.4 Å². The number of carbonyl (C=O) groups is 1. The standard InChI is InChI=1S/C22H24N4O5/c1-29-14-11-15-19(18(12-14)30-2)21(27)31-20(15)24-25-9-7-13(8-10-25)26-17-6-4-3-5-16(17)23-22(26)28/h3-6,11-13,20,24H,7-10H2,1-2H3,(H,23,28). The molecule has 3 heterocycles. The SMILES string of the molecule is COc1cc(OC)c2c(c1)C(NN1CCC(n3c(=O)[nH]c4ccccc43)CC1)OC2=O. The zero-order chi connectivity index (χ0) is 21.5. The van der Waals surface area contributed by atoms with Crippen molar-refractivity contribution >= 4 is 17.0 Å². The number of rotatable bonds is 5. The van der Waals surface area contributed by atoms with Crippen LogP contribution in [0.15, 0.2) is 41.2 Å². The number of hydrogen-bond donors (Lipinski definition) is 2. The van der Waals surface area contributed by atoms with Crippen LogP contribution < -0.4 is 20.6 Å². The summed E-state index contributed by atoms with van der Waals surface area (Å²) in [6.07, 6.45) is 0.979. The Bertz CT molecular complexity index is 1190. The number of cyclic esters (lactones) is 1. The third kappa shape index (κ3) is 3.35. The van der Waals surface area contributed by atoms with Gasteiger partial charge in [0.05, 0.1) is 25.3 Å². The highest BCUT2D eigenvalue weighted by molar-refractivity contribution is 5.97. The lowest BCUT2D eigenvalue weighted by atomic mass is 10.1. The molecule has 1 fully saturated rings. The van der Waals surface area contributed by atoms with E-state index in [4.69, 9.17) is 14.2 Å². The summed E-state index contributed by atoms with van der Waals surface area (Å²) in [5, 5.41) is 2.04. The number of carbonyl (C=O) groups excluding carboxylic acids is 1. The van der Waals surface area contributed by atoms with Crippen molar-refractivity contribution in [2.75, 3.05) is 27.3 Å². The molecule has 1 unspecified atom stereocenters. The number of nitrogens with zero attached hydrogens (tertiary/aromatic N) is 2. The molecule has 0 spiro atoms. The number of hydrogen-bond acceptors (Lipinski definition) is 7. The second-order valence-electron chi connectivity index (χ2n) is 7.74. The summed E-state index contributed by atoms with van der Waals surface area (Å²) in [7, 11) is 3.08. The molecule has 31 heavy (non-hydrogen) atoms. The van der Waals surface area contributed by atoms with Crippen molar-refractivity contribution in [3.8, 4) is 11.5 Å². The van der Waals surface area contributed by atoms with Gasteiger partial charge in [0.1, 0.15) is 17.1 Å². The van der Waals surface area contributed by atoms with Crippen LogP contribution in [0.5, 0.6) is 11.5 Å². The molecule has 1 atom stereocenters. The first-order valence-electron chi connectivity index (χ1n) is 10.3. The Kier molecular flexibility index (Phi) is 4.91. The summed E-state index contributed by atoms with van der Waals surface area (Å²) >= 11 is 0. The number of methoxy groups -OCH3 is 2. The van der Waals surface area contributed by atoms with Gasteiger partial charge in [0.2, 0.25) is 0 Å². The number of hydrazine groups is 1. The Morgan fingerprint density at radius 3 is 2.61 bits per heavy atom. The average molecular weight is 424 g/mol. The fourth-order valence-electron chi connectivity index (χ4n) is 4.50. The third-order valence-electron chi connectivity index (χ3n) is 6.03. The minimum atomic E-state index is -0.612. The molecule has 2 aliphatic rings. The van der Waals surface area contributed by atoms with Crippen molar-refractivity contribution in [3.05, 3.63) is 58.0 Å². The van der Waals surface area contributed by atoms with Crippen LogP contribution >= 0.6 is 0 Å². The highest BCUT2D eigenvalue weighted by atomic mass is 16.6. The minimum Gasteiger partial charge on any atom is -0.497 e. The van der Waals surface area contributed by atoms with E-state index in [9.17, 15) is 9.59 Å². The molecule has 0 amide bonds. The maximum absolute atomic E-state index is 12.5. The summed E-state index contributed by atoms with van der Waals surface area (Å²) in [5.74, 6) is 0.603. The van der Waals surface area contributed by atoms with E-state index in [1.807, 2.05) is 33.8 Å². The van der Waals surface area contributed by atoms with Gasteiger partial charge in [-0.15, -0.1) is 0 Å². The number of ether oxygens (including phenoxy) is 3. The monoisotopic (exact) mass is 424 g/mol. The summed E-state index contributed by atoms with van der Waals surface area (Å²) in [6.45, 7) is 1.42. The van der Waals surface area contributed by atoms with E-state index < -0.39 is 12.2 Å². The number of H-pyrrole nitrogens is 1. The normalized spacial score (nSPS) is 19.4. The lowest BCUT2D eigenvalue weighted by Crippen LogP contribution is -2.46. The molecule has 2 aliphatic heterocycles. The molecule has 2 aromatic carbocycles. The van der Waals surface area contributed by atoms with Gasteiger partial charge < -0.3 is 19.2 Å². The quantitative estimate of drug-likeness (QED) is 0.607. The Morgan fingerprint density at radius 2 is 1.87 bits per heavy atom. The molecule has 1 aromatic heterocycles. The zero-order valence-corrected chi connectivity index (χ0v) is 17.4. The number of fused-ring (bicyclic) bond motifs is 2. The number of nitrogens with one attached hydrogen (secondary N) is 2. The smallest absolute Gasteiger partial charge is 0.344 e. The molecule has 0 saturated carbocycles. The average Bonchev–Trinajstić information content (AvgIpc) is 3.29. The fraction of sp³-hybridized carbons (Fsp3) is 0.364. The Morgan fingerprint density at radius 1 is 1.10 bits per heavy atom. The fourth-order valence-corrected chi connectivity index (χ4v) is 4.50. The molecule has 1 saturated heterocycles. The molecule has 0 bridgehead atoms. The molecule has 0 radical (unpaired) electrons. The number of piperidine rings is 1. The van der Waals surface area contributed by atoms with Crippen LogP contribution in [0.3, 0.4) is 0 Å². The number of para-hydroxylation sites is 2. The van der Waals surface area contributed by atoms with Crippen LogP contribution in [0.25, 0.3) is 11.0 Å². The number of aromatic nitrogens is 2. The summed E-state index contributed by atoms with van der Waals surface area (Å²) in [6, 6.07) is 11.3. The Balaban J connectivity index is 1.32. The van der Waals surface area contributed by atoms with Gasteiger partial charge in [-0.3, -0.25) is 4.57 Å². The lowest BCUT2D eigenvalue weighted by molar-refractivity contribution is -0.00935. The van der Waals surface area contributed by atoms with Gasteiger partial charge in [0.15, 0.2) is 6.23 Å². The minimum absolute atomic E-state index is 0.0783. The van der Waals surface area contributed by atoms with E-state index in [0.29, 0.717) is 35.7 Å². The van der Waals surface area contributed by atoms with Gasteiger partial charge in [-0.25, -0.2) is 20.0 Å². The number of aromatic amines is 1. The molecular weight excluding hydrogens is 400 g/mol. The number of esters is 1. The zero-order valence-electron chi connectivity index (χ0n) is 17.4. The largest absolute Gasteiger partial charge is 0.497 e. The van der Waals surface area contributed by atoms with Gasteiger partial charge in [0.25, 0.3) is 0 Å². The van der Waals surface area contributed by atoms with Crippen LogP contribution in [0.2, 0.25) is 0 Å². The summed E-state index contributed by atoms with van der Waals surface area (Å²) in [4.78, 5) is 27.8. The molecule has 9 heteroatoms. The third-order valence-corrected chi connectivity index (χ3v) is 6.03. The van der Waals surface area contributed by atoms with Crippen LogP contribution in [0, 0.1) is 0 Å². The van der Waals surface area contributed by atoms with Crippen LogP contribution in [-0.2, 0) is 4.74 Å². The van der Waals surface area contributed by atoms with Crippen molar-refractivity contribution < 1.29 is 19.0 Å². The second kappa shape index (κ2) is 7.75. The topological polar surface area (TPSA) is 97.8 Å². The number of imidazole rings is 1. The van der Waals surface area contributed by atoms with Gasteiger partial charge in [0, 0.05) is 30.8 Å². The van der Waals surface area contributed by atoms with Gasteiger partial charge in [-0.2, -0.15) is 0 Å². The van der Waals surface area contributed by atoms with Crippen molar-refractivity contribution in [1.29, 1.82) is 0 Å². The van der Waals surface area contributed by atoms with E-state index in [1.54, 1.807) is 19.2 Å².